The summed E-state index contributed by atoms with van der Waals surface area (Å²) in [6.45, 7) is 7.73. The molecule has 0 aliphatic carbocycles. The highest BCUT2D eigenvalue weighted by molar-refractivity contribution is 5.94. The lowest BCUT2D eigenvalue weighted by Crippen LogP contribution is -2.55. The largest absolute Gasteiger partial charge is 0.462 e. The molecule has 10 nitrogen and oxygen atoms in total. The van der Waals surface area contributed by atoms with Gasteiger partial charge < -0.3 is 24.5 Å². The zero-order valence-corrected chi connectivity index (χ0v) is 24.0. The van der Waals surface area contributed by atoms with E-state index in [0.717, 1.165) is 43.0 Å². The van der Waals surface area contributed by atoms with Crippen molar-refractivity contribution < 1.29 is 14.6 Å². The van der Waals surface area contributed by atoms with E-state index >= 15 is 0 Å². The van der Waals surface area contributed by atoms with Crippen LogP contribution in [0.3, 0.4) is 0 Å². The van der Waals surface area contributed by atoms with Crippen LogP contribution in [0, 0.1) is 11.3 Å². The summed E-state index contributed by atoms with van der Waals surface area (Å²) in [6, 6.07) is 16.9. The first kappa shape index (κ1) is 27.9. The van der Waals surface area contributed by atoms with Gasteiger partial charge in [-0.2, -0.15) is 15.2 Å². The molecule has 1 amide bonds. The molecule has 3 aromatic rings. The van der Waals surface area contributed by atoms with Crippen LogP contribution < -0.4 is 14.5 Å². The molecule has 3 aliphatic heterocycles. The Labute approximate surface area is 246 Å². The molecule has 2 saturated heterocycles. The molecule has 1 N–H and O–H groups in total. The lowest BCUT2D eigenvalue weighted by molar-refractivity contribution is -0.128. The molecule has 2 fully saturated rings. The number of nitriles is 1. The zero-order chi connectivity index (χ0) is 29.2. The normalized spacial score (nSPS) is 22.6. The highest BCUT2D eigenvalue weighted by atomic mass is 16.5. The number of hydrogen-bond acceptors (Lipinski definition) is 9. The fourth-order valence-corrected chi connectivity index (χ4v) is 6.53. The predicted octanol–water partition coefficient (Wildman–Crippen LogP) is 2.75. The van der Waals surface area contributed by atoms with Gasteiger partial charge in [0.15, 0.2) is 0 Å². The first-order chi connectivity index (χ1) is 20.5. The molecular weight excluding hydrogens is 530 g/mol. The van der Waals surface area contributed by atoms with Gasteiger partial charge in [0, 0.05) is 49.4 Å². The van der Waals surface area contributed by atoms with Crippen LogP contribution in [-0.4, -0.2) is 95.3 Å². The van der Waals surface area contributed by atoms with Crippen LogP contribution in [0.2, 0.25) is 0 Å². The minimum atomic E-state index is -0.448. The lowest BCUT2D eigenvalue weighted by Gasteiger charge is -2.42. The summed E-state index contributed by atoms with van der Waals surface area (Å²) < 4.78 is 6.19. The number of aromatic nitrogens is 2. The maximum atomic E-state index is 12.5. The van der Waals surface area contributed by atoms with E-state index in [0.29, 0.717) is 32.8 Å². The van der Waals surface area contributed by atoms with Crippen LogP contribution in [0.1, 0.15) is 24.1 Å². The summed E-state index contributed by atoms with van der Waals surface area (Å²) in [5.74, 6) is 0.648. The Kier molecular flexibility index (Phi) is 7.96. The summed E-state index contributed by atoms with van der Waals surface area (Å²) in [6.07, 6.45) is 2.57. The van der Waals surface area contributed by atoms with E-state index in [4.69, 9.17) is 14.7 Å². The molecule has 42 heavy (non-hydrogen) atoms. The van der Waals surface area contributed by atoms with Crippen LogP contribution in [0.25, 0.3) is 10.8 Å². The van der Waals surface area contributed by atoms with Crippen molar-refractivity contribution >= 4 is 28.2 Å². The number of likely N-dealkylation sites (N-methyl/N-ethyl adjacent to an activating group) is 1. The number of hydrogen-bond donors (Lipinski definition) is 1. The quantitative estimate of drug-likeness (QED) is 0.431. The van der Waals surface area contributed by atoms with E-state index in [1.165, 1.54) is 22.5 Å². The molecule has 1 aromatic heterocycles. The third-order valence-corrected chi connectivity index (χ3v) is 8.87. The molecule has 1 unspecified atom stereocenters. The number of benzene rings is 2. The van der Waals surface area contributed by atoms with Gasteiger partial charge in [-0.3, -0.25) is 9.69 Å². The van der Waals surface area contributed by atoms with Crippen LogP contribution in [0.4, 0.5) is 11.5 Å². The Morgan fingerprint density at radius 2 is 1.98 bits per heavy atom. The Bertz CT molecular complexity index is 1510. The van der Waals surface area contributed by atoms with Gasteiger partial charge in [-0.15, -0.1) is 0 Å². The van der Waals surface area contributed by atoms with Gasteiger partial charge in [0.1, 0.15) is 12.4 Å². The molecule has 0 saturated carbocycles. The summed E-state index contributed by atoms with van der Waals surface area (Å²) >= 11 is 0. The van der Waals surface area contributed by atoms with Crippen molar-refractivity contribution in [2.24, 2.45) is 0 Å². The second-order valence-electron chi connectivity index (χ2n) is 11.3. The molecular formula is C32H37N7O3. The van der Waals surface area contributed by atoms with E-state index in [-0.39, 0.29) is 30.4 Å². The maximum Gasteiger partial charge on any atom is 0.318 e. The molecule has 6 rings (SSSR count). The van der Waals surface area contributed by atoms with E-state index in [9.17, 15) is 15.2 Å². The van der Waals surface area contributed by atoms with Gasteiger partial charge in [0.25, 0.3) is 0 Å². The van der Waals surface area contributed by atoms with Crippen molar-refractivity contribution in [3.05, 3.63) is 66.4 Å². The summed E-state index contributed by atoms with van der Waals surface area (Å²) in [5.41, 5.74) is 3.16. The second kappa shape index (κ2) is 12.0. The first-order valence-corrected chi connectivity index (χ1v) is 14.7. The van der Waals surface area contributed by atoms with Gasteiger partial charge in [-0.25, -0.2) is 0 Å². The Morgan fingerprint density at radius 1 is 1.14 bits per heavy atom. The minimum Gasteiger partial charge on any atom is -0.462 e. The van der Waals surface area contributed by atoms with Crippen molar-refractivity contribution in [1.82, 2.24) is 19.8 Å². The van der Waals surface area contributed by atoms with Crippen LogP contribution in [-0.2, 0) is 17.8 Å². The number of aliphatic hydroxyl groups excluding tert-OH is 1. The second-order valence-corrected chi connectivity index (χ2v) is 11.3. The number of carbonyl (C=O) groups excluding carboxylic acids is 1. The Balaban J connectivity index is 1.33. The average molecular weight is 568 g/mol. The van der Waals surface area contributed by atoms with Crippen LogP contribution in [0.5, 0.6) is 6.01 Å². The van der Waals surface area contributed by atoms with Crippen molar-refractivity contribution in [1.29, 1.82) is 5.26 Å². The van der Waals surface area contributed by atoms with Crippen molar-refractivity contribution in [2.45, 2.75) is 44.0 Å². The lowest BCUT2D eigenvalue weighted by atomic mass is 10.0. The van der Waals surface area contributed by atoms with Crippen molar-refractivity contribution in [2.75, 3.05) is 56.2 Å². The molecule has 0 spiro atoms. The number of likely N-dealkylation sites (tertiary alicyclic amines) is 1. The zero-order valence-electron chi connectivity index (χ0n) is 24.0. The highest BCUT2D eigenvalue weighted by Gasteiger charge is 2.34. The maximum absolute atomic E-state index is 12.5. The summed E-state index contributed by atoms with van der Waals surface area (Å²) in [4.78, 5) is 30.7. The molecule has 2 aromatic carbocycles. The first-order valence-electron chi connectivity index (χ1n) is 14.7. The average Bonchev–Trinajstić information content (AvgIpc) is 3.34. The smallest absolute Gasteiger partial charge is 0.318 e. The van der Waals surface area contributed by atoms with Crippen LogP contribution in [0.15, 0.2) is 55.1 Å². The SMILES string of the molecule is C=CC(=O)N1CCN(c2nc(OC[C@@H]3[C@@H](O)CCN3C)nc3c2CCN(c2cccc4ccccc24)C3)CC1CC#N. The molecule has 10 heteroatoms. The summed E-state index contributed by atoms with van der Waals surface area (Å²) in [5, 5.41) is 22.4. The monoisotopic (exact) mass is 567 g/mol. The van der Waals surface area contributed by atoms with Gasteiger partial charge in [-0.05, 0) is 37.4 Å². The number of nitrogens with zero attached hydrogens (tertiary/aromatic N) is 7. The number of anilines is 2. The Hall–Kier alpha value is -4.20. The molecule has 4 heterocycles. The minimum absolute atomic E-state index is 0.117. The number of amides is 1. The van der Waals surface area contributed by atoms with E-state index in [2.05, 4.69) is 69.8 Å². The van der Waals surface area contributed by atoms with Gasteiger partial charge in [-0.1, -0.05) is 43.0 Å². The van der Waals surface area contributed by atoms with Gasteiger partial charge in [0.2, 0.25) is 5.91 Å². The topological polar surface area (TPSA) is 109 Å². The number of aliphatic hydroxyl groups is 1. The molecule has 0 bridgehead atoms. The molecule has 3 atom stereocenters. The number of fused-ring (bicyclic) bond motifs is 2. The third-order valence-electron chi connectivity index (χ3n) is 8.87. The van der Waals surface area contributed by atoms with E-state index in [1.807, 2.05) is 7.05 Å². The van der Waals surface area contributed by atoms with Gasteiger partial charge >= 0.3 is 6.01 Å². The number of piperazine rings is 1. The third kappa shape index (κ3) is 5.38. The Morgan fingerprint density at radius 3 is 2.76 bits per heavy atom. The standard InChI is InChI=1S/C32H37N7O3/c1-3-30(41)39-18-17-38(19-23(39)11-14-33)31-25-12-16-37(27-10-6-8-22-7-4-5-9-24(22)27)20-26(25)34-32(35-31)42-21-28-29(40)13-15-36(28)2/h3-10,23,28-29,40H,1,11-13,15-21H2,2H3/t23?,28-,29+/m1/s1. The highest BCUT2D eigenvalue weighted by Crippen LogP contribution is 2.35. The number of rotatable bonds is 7. The van der Waals surface area contributed by atoms with Crippen LogP contribution >= 0.6 is 0 Å². The fourth-order valence-electron chi connectivity index (χ4n) is 6.53. The molecule has 3 aliphatic rings. The number of carbonyl (C=O) groups is 1. The van der Waals surface area contributed by atoms with Gasteiger partial charge in [0.05, 0.1) is 42.9 Å². The summed E-state index contributed by atoms with van der Waals surface area (Å²) in [7, 11) is 1.99. The van der Waals surface area contributed by atoms with E-state index < -0.39 is 6.10 Å². The molecule has 218 valence electrons. The van der Waals surface area contributed by atoms with Crippen molar-refractivity contribution in [3.63, 3.8) is 0 Å². The van der Waals surface area contributed by atoms with E-state index in [1.54, 1.807) is 4.90 Å². The fraction of sp³-hybridized carbons (Fsp3) is 0.438. The number of ether oxygens (including phenoxy) is 1. The van der Waals surface area contributed by atoms with Crippen molar-refractivity contribution in [3.8, 4) is 12.1 Å². The predicted molar refractivity (Wildman–Crippen MR) is 161 cm³/mol. The molecule has 0 radical (unpaired) electrons.